The summed E-state index contributed by atoms with van der Waals surface area (Å²) in [5.74, 6) is 0.379. The highest BCUT2D eigenvalue weighted by Gasteiger charge is 2.44. The van der Waals surface area contributed by atoms with Crippen molar-refractivity contribution in [3.63, 3.8) is 0 Å². The second-order valence-electron chi connectivity index (χ2n) is 6.53. The van der Waals surface area contributed by atoms with Crippen LogP contribution in [0.3, 0.4) is 0 Å². The molecule has 0 unspecified atom stereocenters. The quantitative estimate of drug-likeness (QED) is 0.835. The number of hydrogen-bond donors (Lipinski definition) is 1. The SMILES string of the molecule is CCC1(O)CN(C(=O)C2CCN(C(=O)C(C)C)CC2)C1. The molecular weight excluding hydrogens is 256 g/mol. The topological polar surface area (TPSA) is 60.9 Å². The lowest BCUT2D eigenvalue weighted by molar-refractivity contribution is -0.162. The van der Waals surface area contributed by atoms with E-state index in [-0.39, 0.29) is 23.7 Å². The van der Waals surface area contributed by atoms with E-state index in [0.29, 0.717) is 32.6 Å². The zero-order valence-corrected chi connectivity index (χ0v) is 12.8. The molecule has 20 heavy (non-hydrogen) atoms. The lowest BCUT2D eigenvalue weighted by atomic mass is 9.87. The maximum atomic E-state index is 12.3. The first-order valence-corrected chi connectivity index (χ1v) is 7.66. The Morgan fingerprint density at radius 1 is 1.20 bits per heavy atom. The van der Waals surface area contributed by atoms with Gasteiger partial charge in [0.15, 0.2) is 0 Å². The van der Waals surface area contributed by atoms with Crippen LogP contribution < -0.4 is 0 Å². The van der Waals surface area contributed by atoms with Crippen LogP contribution in [0.15, 0.2) is 0 Å². The van der Waals surface area contributed by atoms with Gasteiger partial charge in [-0.25, -0.2) is 0 Å². The molecule has 2 fully saturated rings. The van der Waals surface area contributed by atoms with E-state index < -0.39 is 5.60 Å². The number of rotatable bonds is 3. The summed E-state index contributed by atoms with van der Waals surface area (Å²) in [5.41, 5.74) is -0.663. The van der Waals surface area contributed by atoms with Gasteiger partial charge in [-0.2, -0.15) is 0 Å². The number of amides is 2. The Bertz CT molecular complexity index is 381. The molecule has 2 heterocycles. The second-order valence-corrected chi connectivity index (χ2v) is 6.53. The molecule has 0 aliphatic carbocycles. The molecule has 2 rings (SSSR count). The normalized spacial score (nSPS) is 22.9. The van der Waals surface area contributed by atoms with E-state index in [2.05, 4.69) is 0 Å². The summed E-state index contributed by atoms with van der Waals surface area (Å²) in [5, 5.41) is 9.97. The van der Waals surface area contributed by atoms with Gasteiger partial charge in [-0.15, -0.1) is 0 Å². The lowest BCUT2D eigenvalue weighted by Gasteiger charge is -2.48. The molecule has 1 N–H and O–H groups in total. The van der Waals surface area contributed by atoms with Crippen LogP contribution in [-0.4, -0.2) is 58.5 Å². The number of carbonyl (C=O) groups excluding carboxylic acids is 2. The van der Waals surface area contributed by atoms with E-state index in [1.54, 1.807) is 4.90 Å². The van der Waals surface area contributed by atoms with Gasteiger partial charge in [0.1, 0.15) is 0 Å². The van der Waals surface area contributed by atoms with Crippen molar-refractivity contribution in [3.05, 3.63) is 0 Å². The van der Waals surface area contributed by atoms with Crippen LogP contribution in [0.1, 0.15) is 40.0 Å². The molecule has 0 atom stereocenters. The van der Waals surface area contributed by atoms with Gasteiger partial charge >= 0.3 is 0 Å². The Morgan fingerprint density at radius 2 is 1.75 bits per heavy atom. The summed E-state index contributed by atoms with van der Waals surface area (Å²) in [6.45, 7) is 8.05. The molecule has 2 saturated heterocycles. The average Bonchev–Trinajstić information content (AvgIpc) is 2.42. The maximum absolute atomic E-state index is 12.3. The molecule has 114 valence electrons. The standard InChI is InChI=1S/C15H26N2O3/c1-4-15(20)9-17(10-15)14(19)12-5-7-16(8-6-12)13(18)11(2)3/h11-12,20H,4-10H2,1-3H3. The molecule has 5 nitrogen and oxygen atoms in total. The lowest BCUT2D eigenvalue weighted by Crippen LogP contribution is -2.64. The number of hydrogen-bond acceptors (Lipinski definition) is 3. The van der Waals surface area contributed by atoms with E-state index in [9.17, 15) is 14.7 Å². The number of β-amino-alcohol motifs (C(OH)–C–C–N with tert-alkyl or cyclic N) is 1. The molecule has 2 aliphatic heterocycles. The zero-order chi connectivity index (χ0) is 14.9. The molecule has 0 aromatic heterocycles. The summed E-state index contributed by atoms with van der Waals surface area (Å²) < 4.78 is 0. The summed E-state index contributed by atoms with van der Waals surface area (Å²) in [4.78, 5) is 27.8. The van der Waals surface area contributed by atoms with Crippen molar-refractivity contribution in [1.29, 1.82) is 0 Å². The third-order valence-corrected chi connectivity index (χ3v) is 4.59. The summed E-state index contributed by atoms with van der Waals surface area (Å²) in [6, 6.07) is 0. The Morgan fingerprint density at radius 3 is 2.20 bits per heavy atom. The highest BCUT2D eigenvalue weighted by atomic mass is 16.3. The molecule has 5 heteroatoms. The largest absolute Gasteiger partial charge is 0.386 e. The van der Waals surface area contributed by atoms with Crippen molar-refractivity contribution < 1.29 is 14.7 Å². The Kier molecular flexibility index (Phi) is 4.37. The summed E-state index contributed by atoms with van der Waals surface area (Å²) in [7, 11) is 0. The van der Waals surface area contributed by atoms with E-state index >= 15 is 0 Å². The maximum Gasteiger partial charge on any atom is 0.226 e. The van der Waals surface area contributed by atoms with Gasteiger partial charge in [-0.05, 0) is 19.3 Å². The minimum atomic E-state index is -0.663. The van der Waals surface area contributed by atoms with Gasteiger partial charge in [0.05, 0.1) is 18.7 Å². The fourth-order valence-corrected chi connectivity index (χ4v) is 3.01. The zero-order valence-electron chi connectivity index (χ0n) is 12.8. The van der Waals surface area contributed by atoms with Crippen LogP contribution in [0.2, 0.25) is 0 Å². The Hall–Kier alpha value is -1.10. The van der Waals surface area contributed by atoms with Gasteiger partial charge in [0.25, 0.3) is 0 Å². The van der Waals surface area contributed by atoms with Crippen LogP contribution in [0.5, 0.6) is 0 Å². The minimum absolute atomic E-state index is 0.0209. The van der Waals surface area contributed by atoms with Crippen molar-refractivity contribution >= 4 is 11.8 Å². The van der Waals surface area contributed by atoms with E-state index in [0.717, 1.165) is 12.8 Å². The van der Waals surface area contributed by atoms with E-state index in [1.807, 2.05) is 25.7 Å². The number of nitrogens with zero attached hydrogens (tertiary/aromatic N) is 2. The fraction of sp³-hybridized carbons (Fsp3) is 0.867. The fourth-order valence-electron chi connectivity index (χ4n) is 3.01. The van der Waals surface area contributed by atoms with Crippen LogP contribution in [0, 0.1) is 11.8 Å². The first kappa shape index (κ1) is 15.3. The van der Waals surface area contributed by atoms with Crippen LogP contribution in [0.4, 0.5) is 0 Å². The van der Waals surface area contributed by atoms with Crippen molar-refractivity contribution in [1.82, 2.24) is 9.80 Å². The predicted octanol–water partition coefficient (Wildman–Crippen LogP) is 0.864. The highest BCUT2D eigenvalue weighted by Crippen LogP contribution is 2.28. The summed E-state index contributed by atoms with van der Waals surface area (Å²) >= 11 is 0. The van der Waals surface area contributed by atoms with Crippen molar-refractivity contribution in [2.75, 3.05) is 26.2 Å². The number of carbonyl (C=O) groups is 2. The predicted molar refractivity (Wildman–Crippen MR) is 76.0 cm³/mol. The van der Waals surface area contributed by atoms with Crippen molar-refractivity contribution in [2.45, 2.75) is 45.6 Å². The number of aliphatic hydroxyl groups is 1. The molecular formula is C15H26N2O3. The molecule has 2 amide bonds. The smallest absolute Gasteiger partial charge is 0.226 e. The summed E-state index contributed by atoms with van der Waals surface area (Å²) in [6.07, 6.45) is 2.19. The van der Waals surface area contributed by atoms with Crippen molar-refractivity contribution in [3.8, 4) is 0 Å². The minimum Gasteiger partial charge on any atom is -0.386 e. The first-order chi connectivity index (χ1) is 9.36. The van der Waals surface area contributed by atoms with E-state index in [4.69, 9.17) is 0 Å². The Labute approximate surface area is 120 Å². The number of piperidine rings is 1. The van der Waals surface area contributed by atoms with Gasteiger partial charge < -0.3 is 14.9 Å². The van der Waals surface area contributed by atoms with Gasteiger partial charge in [-0.3, -0.25) is 9.59 Å². The molecule has 0 bridgehead atoms. The number of likely N-dealkylation sites (tertiary alicyclic amines) is 2. The average molecular weight is 282 g/mol. The molecule has 0 aromatic carbocycles. The third-order valence-electron chi connectivity index (χ3n) is 4.59. The van der Waals surface area contributed by atoms with Gasteiger partial charge in [-0.1, -0.05) is 20.8 Å². The molecule has 2 aliphatic rings. The Balaban J connectivity index is 1.80. The molecule has 0 aromatic rings. The molecule has 0 saturated carbocycles. The van der Waals surface area contributed by atoms with Gasteiger partial charge in [0.2, 0.25) is 11.8 Å². The molecule has 0 spiro atoms. The van der Waals surface area contributed by atoms with E-state index in [1.165, 1.54) is 0 Å². The first-order valence-electron chi connectivity index (χ1n) is 7.66. The molecule has 0 radical (unpaired) electrons. The van der Waals surface area contributed by atoms with Crippen LogP contribution >= 0.6 is 0 Å². The van der Waals surface area contributed by atoms with Crippen LogP contribution in [-0.2, 0) is 9.59 Å². The monoisotopic (exact) mass is 282 g/mol. The van der Waals surface area contributed by atoms with Crippen molar-refractivity contribution in [2.24, 2.45) is 11.8 Å². The van der Waals surface area contributed by atoms with Gasteiger partial charge in [0, 0.05) is 24.9 Å². The highest BCUT2D eigenvalue weighted by molar-refractivity contribution is 5.81. The third kappa shape index (κ3) is 2.97. The second kappa shape index (κ2) is 5.72. The van der Waals surface area contributed by atoms with Crippen LogP contribution in [0.25, 0.3) is 0 Å².